The fraction of sp³-hybridized carbons (Fsp3) is 0.487. The third-order valence-electron chi connectivity index (χ3n) is 6.21. The molecule has 0 aliphatic rings. The summed E-state index contributed by atoms with van der Waals surface area (Å²) < 4.78 is 42.4. The lowest BCUT2D eigenvalue weighted by Gasteiger charge is -2.20. The van der Waals surface area contributed by atoms with Crippen molar-refractivity contribution in [2.45, 2.75) is 108 Å². The van der Waals surface area contributed by atoms with Crippen LogP contribution in [0.1, 0.15) is 117 Å². The predicted octanol–water partition coefficient (Wildman–Crippen LogP) is 10.3. The second-order valence-electron chi connectivity index (χ2n) is 9.41. The summed E-state index contributed by atoms with van der Waals surface area (Å²) in [6.07, 6.45) is 4.85. The first kappa shape index (κ1) is 51.0. The SMILES string of the molecule is C=O.C=O.CC.CC.CC.CC.CCCNC[C@H](C)CCc1c(F)cncc1NC(=O)C[C@@H](c1ccc(F)cc1)c1cc(C)cc(F)c1. The van der Waals surface area contributed by atoms with Crippen LogP contribution in [0.3, 0.4) is 0 Å². The first-order chi connectivity index (χ1) is 23.3. The van der Waals surface area contributed by atoms with E-state index >= 15 is 0 Å². The minimum absolute atomic E-state index is 0.0260. The molecule has 0 unspecified atom stereocenters. The average molecular weight is 678 g/mol. The van der Waals surface area contributed by atoms with E-state index < -0.39 is 23.4 Å². The molecule has 3 aromatic rings. The molecule has 9 heteroatoms. The van der Waals surface area contributed by atoms with Crippen LogP contribution in [0.4, 0.5) is 18.9 Å². The second kappa shape index (κ2) is 34.5. The van der Waals surface area contributed by atoms with Gasteiger partial charge in [-0.15, -0.1) is 0 Å². The number of carbonyl (C=O) groups is 3. The van der Waals surface area contributed by atoms with E-state index in [4.69, 9.17) is 9.59 Å². The Morgan fingerprint density at radius 1 is 0.812 bits per heavy atom. The van der Waals surface area contributed by atoms with Crippen LogP contribution < -0.4 is 10.6 Å². The average Bonchev–Trinajstić information content (AvgIpc) is 3.12. The van der Waals surface area contributed by atoms with E-state index in [1.54, 1.807) is 19.1 Å². The van der Waals surface area contributed by atoms with Crippen LogP contribution in [0.15, 0.2) is 54.9 Å². The van der Waals surface area contributed by atoms with E-state index in [0.29, 0.717) is 34.7 Å². The van der Waals surface area contributed by atoms with Gasteiger partial charge >= 0.3 is 0 Å². The van der Waals surface area contributed by atoms with Gasteiger partial charge < -0.3 is 20.2 Å². The maximum absolute atomic E-state index is 14.7. The first-order valence-corrected chi connectivity index (χ1v) is 17.0. The third-order valence-corrected chi connectivity index (χ3v) is 6.21. The highest BCUT2D eigenvalue weighted by molar-refractivity contribution is 5.92. The Kier molecular flexibility index (Phi) is 36.6. The number of hydrogen-bond acceptors (Lipinski definition) is 5. The van der Waals surface area contributed by atoms with Gasteiger partial charge in [0.15, 0.2) is 0 Å². The van der Waals surface area contributed by atoms with Crippen molar-refractivity contribution in [1.29, 1.82) is 0 Å². The molecule has 272 valence electrons. The lowest BCUT2D eigenvalue weighted by molar-refractivity contribution is -0.116. The molecule has 0 fully saturated rings. The zero-order valence-corrected chi connectivity index (χ0v) is 31.3. The van der Waals surface area contributed by atoms with E-state index in [0.717, 1.165) is 37.7 Å². The van der Waals surface area contributed by atoms with Crippen LogP contribution in [0, 0.1) is 30.3 Å². The van der Waals surface area contributed by atoms with Gasteiger partial charge in [0.1, 0.15) is 31.0 Å². The summed E-state index contributed by atoms with van der Waals surface area (Å²) in [5.74, 6) is -1.79. The number of nitrogens with zero attached hydrogens (tertiary/aromatic N) is 1. The number of nitrogens with one attached hydrogen (secondary N) is 2. The Balaban J connectivity index is -0.000000725. The lowest BCUT2D eigenvalue weighted by Crippen LogP contribution is -2.22. The molecule has 0 aliphatic carbocycles. The number of aromatic nitrogens is 1. The number of hydrogen-bond donors (Lipinski definition) is 2. The molecule has 6 nitrogen and oxygen atoms in total. The van der Waals surface area contributed by atoms with Gasteiger partial charge in [0.05, 0.1) is 18.1 Å². The minimum atomic E-state index is -0.505. The van der Waals surface area contributed by atoms with Gasteiger partial charge in [-0.25, -0.2) is 13.2 Å². The van der Waals surface area contributed by atoms with E-state index in [9.17, 15) is 18.0 Å². The normalized spacial score (nSPS) is 10.3. The first-order valence-electron chi connectivity index (χ1n) is 17.0. The highest BCUT2D eigenvalue weighted by Crippen LogP contribution is 2.31. The number of amides is 1. The summed E-state index contributed by atoms with van der Waals surface area (Å²) in [6, 6.07) is 10.4. The maximum Gasteiger partial charge on any atom is 0.225 e. The molecule has 0 saturated heterocycles. The van der Waals surface area contributed by atoms with Gasteiger partial charge in [0.2, 0.25) is 5.91 Å². The fourth-order valence-electron chi connectivity index (χ4n) is 4.32. The van der Waals surface area contributed by atoms with Gasteiger partial charge in [-0.2, -0.15) is 0 Å². The summed E-state index contributed by atoms with van der Waals surface area (Å²) in [7, 11) is 0. The van der Waals surface area contributed by atoms with Crippen molar-refractivity contribution < 1.29 is 27.6 Å². The van der Waals surface area contributed by atoms with Crippen molar-refractivity contribution >= 4 is 25.2 Å². The van der Waals surface area contributed by atoms with Crippen molar-refractivity contribution in [1.82, 2.24) is 10.3 Å². The van der Waals surface area contributed by atoms with E-state index in [-0.39, 0.29) is 12.3 Å². The van der Waals surface area contributed by atoms with Crippen LogP contribution in [0.25, 0.3) is 0 Å². The number of aryl methyl sites for hydroxylation is 1. The number of pyridine rings is 1. The number of anilines is 1. The summed E-state index contributed by atoms with van der Waals surface area (Å²) in [4.78, 5) is 33.1. The van der Waals surface area contributed by atoms with Gasteiger partial charge in [-0.3, -0.25) is 9.78 Å². The third kappa shape index (κ3) is 21.1. The van der Waals surface area contributed by atoms with Crippen LogP contribution in [0.2, 0.25) is 0 Å². The number of benzene rings is 2. The number of rotatable bonds is 12. The fourth-order valence-corrected chi connectivity index (χ4v) is 4.32. The van der Waals surface area contributed by atoms with Crippen molar-refractivity contribution in [2.75, 3.05) is 18.4 Å². The van der Waals surface area contributed by atoms with Gasteiger partial charge in [-0.1, -0.05) is 87.4 Å². The molecular formula is C39H62F3N3O3. The van der Waals surface area contributed by atoms with Crippen molar-refractivity contribution in [3.05, 3.63) is 94.6 Å². The molecule has 1 heterocycles. The Hall–Kier alpha value is -3.85. The zero-order valence-electron chi connectivity index (χ0n) is 31.3. The lowest BCUT2D eigenvalue weighted by atomic mass is 9.87. The topological polar surface area (TPSA) is 88.2 Å². The van der Waals surface area contributed by atoms with E-state index in [2.05, 4.69) is 29.5 Å². The second-order valence-corrected chi connectivity index (χ2v) is 9.41. The van der Waals surface area contributed by atoms with Gasteiger partial charge in [0, 0.05) is 17.9 Å². The molecule has 1 amide bonds. The van der Waals surface area contributed by atoms with Crippen LogP contribution in [-0.2, 0) is 20.8 Å². The Morgan fingerprint density at radius 2 is 1.38 bits per heavy atom. The van der Waals surface area contributed by atoms with Gasteiger partial charge in [-0.05, 0) is 86.1 Å². The quantitative estimate of drug-likeness (QED) is 0.186. The van der Waals surface area contributed by atoms with Crippen LogP contribution in [0.5, 0.6) is 0 Å². The van der Waals surface area contributed by atoms with Crippen LogP contribution in [-0.4, -0.2) is 37.6 Å². The molecule has 0 bridgehead atoms. The highest BCUT2D eigenvalue weighted by atomic mass is 19.1. The maximum atomic E-state index is 14.7. The molecule has 0 spiro atoms. The number of halogens is 3. The smallest absolute Gasteiger partial charge is 0.225 e. The molecule has 2 N–H and O–H groups in total. The molecule has 0 radical (unpaired) electrons. The minimum Gasteiger partial charge on any atom is -0.324 e. The number of carbonyl (C=O) groups excluding carboxylic acids is 3. The highest BCUT2D eigenvalue weighted by Gasteiger charge is 2.21. The summed E-state index contributed by atoms with van der Waals surface area (Å²) >= 11 is 0. The monoisotopic (exact) mass is 677 g/mol. The largest absolute Gasteiger partial charge is 0.324 e. The molecular weight excluding hydrogens is 615 g/mol. The molecule has 2 atom stereocenters. The van der Waals surface area contributed by atoms with Crippen molar-refractivity contribution in [3.8, 4) is 0 Å². The van der Waals surface area contributed by atoms with Crippen molar-refractivity contribution in [2.24, 2.45) is 5.92 Å². The van der Waals surface area contributed by atoms with Gasteiger partial charge in [0.25, 0.3) is 0 Å². The standard InChI is InChI=1S/C29H34F3N3O.4C2H6.2CH2O/c1-4-11-33-16-19(2)5-10-25-27(32)17-34-18-28(25)35-29(36)15-26(21-6-8-23(30)9-7-21)22-12-20(3)13-24(31)14-22;6*1-2/h6-9,12-14,17-19,26,33H,4-5,10-11,15-16H2,1-3H3,(H,35,36);4*1-2H3;2*1H2/t19-,26+;;;;;;/m1....../s1. The summed E-state index contributed by atoms with van der Waals surface area (Å²) in [5, 5.41) is 6.18. The van der Waals surface area contributed by atoms with E-state index in [1.165, 1.54) is 30.5 Å². The van der Waals surface area contributed by atoms with E-state index in [1.807, 2.05) is 75.0 Å². The molecule has 0 aliphatic heterocycles. The Labute approximate surface area is 289 Å². The Morgan fingerprint density at radius 3 is 1.90 bits per heavy atom. The van der Waals surface area contributed by atoms with Crippen LogP contribution >= 0.6 is 0 Å². The zero-order chi connectivity index (χ0) is 38.1. The molecule has 0 saturated carbocycles. The molecule has 3 rings (SSSR count). The summed E-state index contributed by atoms with van der Waals surface area (Å²) in [5.41, 5.74) is 2.77. The Bertz CT molecular complexity index is 1170. The predicted molar refractivity (Wildman–Crippen MR) is 197 cm³/mol. The molecule has 48 heavy (non-hydrogen) atoms. The molecule has 1 aromatic heterocycles. The van der Waals surface area contributed by atoms with Crippen molar-refractivity contribution in [3.63, 3.8) is 0 Å². The summed E-state index contributed by atoms with van der Waals surface area (Å²) in [6.45, 7) is 27.8. The molecule has 2 aromatic carbocycles.